The van der Waals surface area contributed by atoms with E-state index in [9.17, 15) is 9.90 Å². The number of aryl methyl sites for hydroxylation is 1. The SMILES string of the molecule is CCCC(C)(Oc1ccc(CN=C(C)C)cc1C)C(=O)O. The second-order valence-electron chi connectivity index (χ2n) is 5.75. The van der Waals surface area contributed by atoms with Gasteiger partial charge in [0.25, 0.3) is 0 Å². The van der Waals surface area contributed by atoms with Crippen LogP contribution in [0.3, 0.4) is 0 Å². The molecule has 1 rings (SSSR count). The Labute approximate surface area is 126 Å². The normalized spacial score (nSPS) is 13.4. The summed E-state index contributed by atoms with van der Waals surface area (Å²) in [5.41, 5.74) is 1.88. The minimum atomic E-state index is -1.18. The van der Waals surface area contributed by atoms with Crippen molar-refractivity contribution in [1.29, 1.82) is 0 Å². The number of hydrogen-bond donors (Lipinski definition) is 1. The van der Waals surface area contributed by atoms with Gasteiger partial charge in [0.15, 0.2) is 0 Å². The number of rotatable bonds is 7. The van der Waals surface area contributed by atoms with E-state index in [0.29, 0.717) is 18.7 Å². The Morgan fingerprint density at radius 1 is 1.38 bits per heavy atom. The fraction of sp³-hybridized carbons (Fsp3) is 0.529. The van der Waals surface area contributed by atoms with Crippen molar-refractivity contribution in [1.82, 2.24) is 0 Å². The zero-order chi connectivity index (χ0) is 16.0. The Hall–Kier alpha value is -1.84. The average molecular weight is 291 g/mol. The summed E-state index contributed by atoms with van der Waals surface area (Å²) in [6, 6.07) is 5.76. The molecule has 0 aromatic heterocycles. The van der Waals surface area contributed by atoms with Gasteiger partial charge >= 0.3 is 5.97 Å². The molecule has 0 fully saturated rings. The number of carbonyl (C=O) groups is 1. The van der Waals surface area contributed by atoms with E-state index >= 15 is 0 Å². The van der Waals surface area contributed by atoms with Crippen molar-refractivity contribution in [3.05, 3.63) is 29.3 Å². The molecule has 1 atom stereocenters. The Kier molecular flexibility index (Phi) is 5.94. The number of carboxylic acid groups (broad SMARTS) is 1. The molecule has 116 valence electrons. The van der Waals surface area contributed by atoms with Crippen LogP contribution in [0.2, 0.25) is 0 Å². The van der Waals surface area contributed by atoms with E-state index < -0.39 is 11.6 Å². The van der Waals surface area contributed by atoms with Crippen LogP contribution in [-0.2, 0) is 11.3 Å². The van der Waals surface area contributed by atoms with Crippen molar-refractivity contribution in [3.8, 4) is 5.75 Å². The van der Waals surface area contributed by atoms with Crippen LogP contribution in [0.15, 0.2) is 23.2 Å². The smallest absolute Gasteiger partial charge is 0.347 e. The van der Waals surface area contributed by atoms with Crippen molar-refractivity contribution < 1.29 is 14.6 Å². The number of carboxylic acids is 1. The van der Waals surface area contributed by atoms with Crippen LogP contribution < -0.4 is 4.74 Å². The van der Waals surface area contributed by atoms with E-state index in [-0.39, 0.29) is 0 Å². The molecule has 0 saturated heterocycles. The van der Waals surface area contributed by atoms with Gasteiger partial charge in [0.1, 0.15) is 5.75 Å². The molecule has 1 aromatic rings. The standard InChI is InChI=1S/C17H25NO3/c1-6-9-17(5,16(19)20)21-15-8-7-14(10-13(15)4)11-18-12(2)3/h7-8,10H,6,9,11H2,1-5H3,(H,19,20). The van der Waals surface area contributed by atoms with Crippen LogP contribution in [0.25, 0.3) is 0 Å². The van der Waals surface area contributed by atoms with Crippen LogP contribution >= 0.6 is 0 Å². The third-order valence-electron chi connectivity index (χ3n) is 3.33. The Bertz CT molecular complexity index is 533. The van der Waals surface area contributed by atoms with E-state index in [1.165, 1.54) is 0 Å². The van der Waals surface area contributed by atoms with Gasteiger partial charge in [0.2, 0.25) is 5.60 Å². The number of ether oxygens (including phenoxy) is 1. The van der Waals surface area contributed by atoms with E-state index in [2.05, 4.69) is 4.99 Å². The van der Waals surface area contributed by atoms with Crippen LogP contribution in [0.1, 0.15) is 51.7 Å². The van der Waals surface area contributed by atoms with Gasteiger partial charge in [-0.2, -0.15) is 0 Å². The first kappa shape index (κ1) is 17.2. The lowest BCUT2D eigenvalue weighted by Gasteiger charge is -2.27. The highest BCUT2D eigenvalue weighted by molar-refractivity contribution is 5.79. The van der Waals surface area contributed by atoms with E-state index in [4.69, 9.17) is 4.74 Å². The summed E-state index contributed by atoms with van der Waals surface area (Å²) in [6.07, 6.45) is 1.23. The molecule has 1 N–H and O–H groups in total. The molecule has 21 heavy (non-hydrogen) atoms. The molecule has 0 heterocycles. The zero-order valence-electron chi connectivity index (χ0n) is 13.6. The average Bonchev–Trinajstić information content (AvgIpc) is 2.39. The number of aliphatic imine (C=N–C) groups is 1. The molecular formula is C17H25NO3. The third-order valence-corrected chi connectivity index (χ3v) is 3.33. The summed E-state index contributed by atoms with van der Waals surface area (Å²) in [7, 11) is 0. The summed E-state index contributed by atoms with van der Waals surface area (Å²) in [6.45, 7) is 10.1. The fourth-order valence-electron chi connectivity index (χ4n) is 2.10. The van der Waals surface area contributed by atoms with Crippen molar-refractivity contribution in [2.45, 2.75) is 59.6 Å². The predicted molar refractivity (Wildman–Crippen MR) is 85.2 cm³/mol. The van der Waals surface area contributed by atoms with E-state index in [0.717, 1.165) is 23.3 Å². The molecule has 0 amide bonds. The van der Waals surface area contributed by atoms with Crippen molar-refractivity contribution in [3.63, 3.8) is 0 Å². The molecule has 0 saturated carbocycles. The minimum Gasteiger partial charge on any atom is -0.478 e. The molecule has 0 radical (unpaired) electrons. The first-order chi connectivity index (χ1) is 9.78. The van der Waals surface area contributed by atoms with Crippen molar-refractivity contribution in [2.24, 2.45) is 4.99 Å². The van der Waals surface area contributed by atoms with Gasteiger partial charge in [-0.25, -0.2) is 4.79 Å². The van der Waals surface area contributed by atoms with Gasteiger partial charge in [-0.3, -0.25) is 4.99 Å². The van der Waals surface area contributed by atoms with Crippen LogP contribution in [0, 0.1) is 6.92 Å². The summed E-state index contributed by atoms with van der Waals surface area (Å²) < 4.78 is 5.78. The quantitative estimate of drug-likeness (QED) is 0.772. The first-order valence-corrected chi connectivity index (χ1v) is 7.28. The number of hydrogen-bond acceptors (Lipinski definition) is 3. The van der Waals surface area contributed by atoms with Gasteiger partial charge in [-0.05, 0) is 51.3 Å². The molecular weight excluding hydrogens is 266 g/mol. The van der Waals surface area contributed by atoms with Crippen LogP contribution in [0.5, 0.6) is 5.75 Å². The molecule has 0 bridgehead atoms. The lowest BCUT2D eigenvalue weighted by Crippen LogP contribution is -2.41. The van der Waals surface area contributed by atoms with Crippen LogP contribution in [-0.4, -0.2) is 22.4 Å². The second-order valence-corrected chi connectivity index (χ2v) is 5.75. The van der Waals surface area contributed by atoms with E-state index in [1.54, 1.807) is 6.92 Å². The second kappa shape index (κ2) is 7.25. The highest BCUT2D eigenvalue weighted by Gasteiger charge is 2.34. The maximum atomic E-state index is 11.4. The molecule has 4 nitrogen and oxygen atoms in total. The lowest BCUT2D eigenvalue weighted by molar-refractivity contribution is -0.154. The fourth-order valence-corrected chi connectivity index (χ4v) is 2.10. The van der Waals surface area contributed by atoms with Crippen molar-refractivity contribution >= 4 is 11.7 Å². The van der Waals surface area contributed by atoms with Gasteiger partial charge in [-0.1, -0.05) is 25.5 Å². The van der Waals surface area contributed by atoms with E-state index in [1.807, 2.05) is 45.9 Å². The molecule has 1 unspecified atom stereocenters. The summed E-state index contributed by atoms with van der Waals surface area (Å²) in [5, 5.41) is 9.37. The summed E-state index contributed by atoms with van der Waals surface area (Å²) in [5.74, 6) is -0.312. The molecule has 1 aromatic carbocycles. The topological polar surface area (TPSA) is 58.9 Å². The van der Waals surface area contributed by atoms with Crippen molar-refractivity contribution in [2.75, 3.05) is 0 Å². The Morgan fingerprint density at radius 2 is 2.05 bits per heavy atom. The zero-order valence-corrected chi connectivity index (χ0v) is 13.6. The third kappa shape index (κ3) is 4.88. The van der Waals surface area contributed by atoms with Gasteiger partial charge in [0.05, 0.1) is 6.54 Å². The van der Waals surface area contributed by atoms with Gasteiger partial charge in [0, 0.05) is 5.71 Å². The molecule has 0 spiro atoms. The van der Waals surface area contributed by atoms with Crippen LogP contribution in [0.4, 0.5) is 0 Å². The molecule has 0 aliphatic carbocycles. The maximum absolute atomic E-state index is 11.4. The maximum Gasteiger partial charge on any atom is 0.347 e. The summed E-state index contributed by atoms with van der Waals surface area (Å²) in [4.78, 5) is 15.8. The Balaban J connectivity index is 2.94. The Morgan fingerprint density at radius 3 is 2.52 bits per heavy atom. The largest absolute Gasteiger partial charge is 0.478 e. The predicted octanol–water partition coefficient (Wildman–Crippen LogP) is 4.00. The number of nitrogens with zero attached hydrogens (tertiary/aromatic N) is 1. The molecule has 0 aliphatic heterocycles. The minimum absolute atomic E-state index is 0.475. The lowest BCUT2D eigenvalue weighted by atomic mass is 10.00. The monoisotopic (exact) mass is 291 g/mol. The van der Waals surface area contributed by atoms with Gasteiger partial charge in [-0.15, -0.1) is 0 Å². The highest BCUT2D eigenvalue weighted by atomic mass is 16.5. The molecule has 0 aliphatic rings. The molecule has 4 heteroatoms. The summed E-state index contributed by atoms with van der Waals surface area (Å²) >= 11 is 0. The highest BCUT2D eigenvalue weighted by Crippen LogP contribution is 2.27. The number of aliphatic carboxylic acids is 1. The van der Waals surface area contributed by atoms with Gasteiger partial charge < -0.3 is 9.84 Å². The first-order valence-electron chi connectivity index (χ1n) is 7.28. The number of benzene rings is 1.